The van der Waals surface area contributed by atoms with Gasteiger partial charge in [0.15, 0.2) is 9.84 Å². The average Bonchev–Trinajstić information content (AvgIpc) is 3.30. The number of nitrogens with zero attached hydrogens (tertiary/aromatic N) is 2. The molecule has 0 amide bonds. The number of aliphatic hydroxyl groups is 1. The van der Waals surface area contributed by atoms with Gasteiger partial charge in [0.25, 0.3) is 5.56 Å². The van der Waals surface area contributed by atoms with Crippen LogP contribution in [0.3, 0.4) is 0 Å². The topological polar surface area (TPSA) is 112 Å². The molecule has 14 heteroatoms. The number of aliphatic hydroxyl groups excluding tert-OH is 1. The highest BCUT2D eigenvalue weighted by Gasteiger charge is 2.37. The highest BCUT2D eigenvalue weighted by Crippen LogP contribution is 2.39. The Morgan fingerprint density at radius 2 is 1.87 bits per heavy atom. The fraction of sp³-hybridized carbons (Fsp3) is 0.417. The molecule has 2 aromatic carbocycles. The molecule has 1 unspecified atom stereocenters. The van der Waals surface area contributed by atoms with Crippen molar-refractivity contribution in [2.75, 3.05) is 25.4 Å². The van der Waals surface area contributed by atoms with Gasteiger partial charge in [-0.1, -0.05) is 30.1 Å². The average molecular weight is 594 g/mol. The van der Waals surface area contributed by atoms with Crippen molar-refractivity contribution >= 4 is 43.9 Å². The van der Waals surface area contributed by atoms with Gasteiger partial charge in [0.2, 0.25) is 0 Å². The number of H-pyrrole nitrogens is 1. The summed E-state index contributed by atoms with van der Waals surface area (Å²) in [6, 6.07) is 4.54. The first-order valence-electron chi connectivity index (χ1n) is 11.7. The Morgan fingerprint density at radius 1 is 1.16 bits per heavy atom. The molecule has 1 atom stereocenters. The number of sulfone groups is 1. The molecular formula is C24H24Cl2F3N3O5S. The third-order valence-corrected chi connectivity index (χ3v) is 9.18. The second-order valence-electron chi connectivity index (χ2n) is 9.19. The summed E-state index contributed by atoms with van der Waals surface area (Å²) in [5, 5.41) is 8.64. The predicted octanol–water partition coefficient (Wildman–Crippen LogP) is 3.67. The molecule has 0 saturated carbocycles. The second-order valence-corrected chi connectivity index (χ2v) is 12.2. The fourth-order valence-corrected chi connectivity index (χ4v) is 6.29. The van der Waals surface area contributed by atoms with E-state index in [1.165, 1.54) is 25.1 Å². The summed E-state index contributed by atoms with van der Waals surface area (Å²) in [7, 11) is -3.77. The van der Waals surface area contributed by atoms with Crippen molar-refractivity contribution in [3.8, 4) is 0 Å². The molecule has 4 rings (SSSR count). The minimum absolute atomic E-state index is 0.0394. The van der Waals surface area contributed by atoms with E-state index in [9.17, 15) is 36.3 Å². The Hall–Kier alpha value is -2.38. The lowest BCUT2D eigenvalue weighted by atomic mass is 10.0. The van der Waals surface area contributed by atoms with Gasteiger partial charge >= 0.3 is 11.9 Å². The van der Waals surface area contributed by atoms with Gasteiger partial charge in [-0.2, -0.15) is 13.2 Å². The molecular weight excluding hydrogens is 570 g/mol. The second kappa shape index (κ2) is 10.6. The van der Waals surface area contributed by atoms with Crippen molar-refractivity contribution in [1.82, 2.24) is 14.5 Å². The van der Waals surface area contributed by atoms with Crippen molar-refractivity contribution in [3.05, 3.63) is 71.8 Å². The molecule has 2 heterocycles. The number of fused-ring (bicyclic) bond motifs is 1. The van der Waals surface area contributed by atoms with E-state index < -0.39 is 49.8 Å². The minimum Gasteiger partial charge on any atom is -0.396 e. The molecule has 3 aromatic rings. The number of likely N-dealkylation sites (tertiary alicyclic amines) is 1. The van der Waals surface area contributed by atoms with Crippen LogP contribution >= 0.6 is 23.2 Å². The Bertz CT molecular complexity index is 1620. The Kier molecular flexibility index (Phi) is 8.02. The smallest absolute Gasteiger partial charge is 0.396 e. The lowest BCUT2D eigenvalue weighted by molar-refractivity contribution is -0.138. The first-order valence-corrected chi connectivity index (χ1v) is 14.1. The molecule has 0 bridgehead atoms. The third kappa shape index (κ3) is 5.50. The summed E-state index contributed by atoms with van der Waals surface area (Å²) in [6.45, 7) is 1.44. The van der Waals surface area contributed by atoms with E-state index in [1.807, 2.05) is 0 Å². The largest absolute Gasteiger partial charge is 0.416 e. The van der Waals surface area contributed by atoms with Crippen LogP contribution in [0, 0.1) is 5.92 Å². The number of halogens is 5. The summed E-state index contributed by atoms with van der Waals surface area (Å²) < 4.78 is 68.1. The number of benzene rings is 2. The van der Waals surface area contributed by atoms with Gasteiger partial charge in [-0.3, -0.25) is 14.3 Å². The quantitative estimate of drug-likeness (QED) is 0.432. The molecule has 206 valence electrons. The number of aromatic nitrogens is 2. The van der Waals surface area contributed by atoms with Crippen LogP contribution in [0.1, 0.15) is 30.0 Å². The number of alkyl halides is 3. The van der Waals surface area contributed by atoms with E-state index in [4.69, 9.17) is 23.2 Å². The molecule has 2 N–H and O–H groups in total. The van der Waals surface area contributed by atoms with Gasteiger partial charge in [0.05, 0.1) is 38.7 Å². The van der Waals surface area contributed by atoms with E-state index in [0.717, 1.165) is 0 Å². The number of aromatic amines is 1. The van der Waals surface area contributed by atoms with Gasteiger partial charge in [-0.05, 0) is 54.3 Å². The third-order valence-electron chi connectivity index (χ3n) is 6.70. The van der Waals surface area contributed by atoms with Gasteiger partial charge in [0.1, 0.15) is 0 Å². The standard InChI is InChI=1S/C24H24Cl2F3N3O5S/c1-2-38(36,37)19-4-3-15(25)7-14(19)10-32-22(34)16-8-18(24(27,28)29)17(20(26)21(16)30-23(32)35)11-31-6-5-13(9-31)12-33/h3-4,7-8,13,33H,2,5-6,9-12H2,1H3,(H,30,35). The van der Waals surface area contributed by atoms with Crippen LogP contribution in [0.2, 0.25) is 10.0 Å². The first-order chi connectivity index (χ1) is 17.8. The molecule has 1 aliphatic rings. The van der Waals surface area contributed by atoms with Gasteiger partial charge < -0.3 is 10.1 Å². The van der Waals surface area contributed by atoms with E-state index in [-0.39, 0.29) is 51.4 Å². The van der Waals surface area contributed by atoms with Crippen LogP contribution in [-0.2, 0) is 29.1 Å². The van der Waals surface area contributed by atoms with E-state index in [1.54, 1.807) is 4.90 Å². The maximum atomic E-state index is 14.1. The molecule has 1 fully saturated rings. The molecule has 0 aliphatic carbocycles. The lowest BCUT2D eigenvalue weighted by Gasteiger charge is -2.22. The monoisotopic (exact) mass is 593 g/mol. The number of hydrogen-bond acceptors (Lipinski definition) is 6. The maximum absolute atomic E-state index is 14.1. The summed E-state index contributed by atoms with van der Waals surface area (Å²) >= 11 is 12.4. The number of hydrogen-bond donors (Lipinski definition) is 2. The van der Waals surface area contributed by atoms with E-state index >= 15 is 0 Å². The van der Waals surface area contributed by atoms with Crippen molar-refractivity contribution in [2.45, 2.75) is 37.5 Å². The summed E-state index contributed by atoms with van der Waals surface area (Å²) in [5.74, 6) is -0.322. The van der Waals surface area contributed by atoms with Crippen LogP contribution in [0.25, 0.3) is 10.9 Å². The maximum Gasteiger partial charge on any atom is 0.416 e. The molecule has 0 radical (unpaired) electrons. The summed E-state index contributed by atoms with van der Waals surface area (Å²) in [4.78, 5) is 30.3. The van der Waals surface area contributed by atoms with Crippen molar-refractivity contribution in [3.63, 3.8) is 0 Å². The summed E-state index contributed by atoms with van der Waals surface area (Å²) in [5.41, 5.74) is -3.65. The SMILES string of the molecule is CCS(=O)(=O)c1ccc(Cl)cc1Cn1c(=O)[nH]c2c(Cl)c(CN3CCC(CO)C3)c(C(F)(F)F)cc2c1=O. The highest BCUT2D eigenvalue weighted by atomic mass is 35.5. The number of nitrogens with one attached hydrogen (secondary N) is 1. The van der Waals surface area contributed by atoms with Gasteiger partial charge in [0, 0.05) is 24.7 Å². The van der Waals surface area contributed by atoms with Gasteiger partial charge in [-0.15, -0.1) is 0 Å². The van der Waals surface area contributed by atoms with Crippen molar-refractivity contribution < 1.29 is 26.7 Å². The normalized spacial score (nSPS) is 17.0. The Labute approximate surface area is 225 Å². The van der Waals surface area contributed by atoms with Crippen LogP contribution in [-0.4, -0.2) is 53.4 Å². The molecule has 0 spiro atoms. The Morgan fingerprint density at radius 3 is 2.47 bits per heavy atom. The predicted molar refractivity (Wildman–Crippen MR) is 138 cm³/mol. The van der Waals surface area contributed by atoms with Crippen molar-refractivity contribution in [1.29, 1.82) is 0 Å². The fourth-order valence-electron chi connectivity index (χ4n) is 4.67. The zero-order valence-corrected chi connectivity index (χ0v) is 22.4. The molecule has 38 heavy (non-hydrogen) atoms. The van der Waals surface area contributed by atoms with Crippen LogP contribution in [0.15, 0.2) is 38.8 Å². The molecule has 1 aromatic heterocycles. The highest BCUT2D eigenvalue weighted by molar-refractivity contribution is 7.91. The zero-order chi connectivity index (χ0) is 28.0. The van der Waals surface area contributed by atoms with Crippen LogP contribution < -0.4 is 11.2 Å². The summed E-state index contributed by atoms with van der Waals surface area (Å²) in [6.07, 6.45) is -4.24. The van der Waals surface area contributed by atoms with Crippen molar-refractivity contribution in [2.24, 2.45) is 5.92 Å². The van der Waals surface area contributed by atoms with Gasteiger partial charge in [-0.25, -0.2) is 13.2 Å². The zero-order valence-electron chi connectivity index (χ0n) is 20.1. The molecule has 1 saturated heterocycles. The first kappa shape index (κ1) is 28.6. The van der Waals surface area contributed by atoms with Crippen LogP contribution in [0.4, 0.5) is 13.2 Å². The molecule has 1 aliphatic heterocycles. The van der Waals surface area contributed by atoms with Crippen LogP contribution in [0.5, 0.6) is 0 Å². The van der Waals surface area contributed by atoms with E-state index in [0.29, 0.717) is 30.1 Å². The van der Waals surface area contributed by atoms with E-state index in [2.05, 4.69) is 4.98 Å². The number of rotatable bonds is 7. The minimum atomic E-state index is -4.86. The molecule has 8 nitrogen and oxygen atoms in total. The Balaban J connectivity index is 1.88. The lowest BCUT2D eigenvalue weighted by Crippen LogP contribution is -2.36.